The van der Waals surface area contributed by atoms with Crippen molar-refractivity contribution in [2.75, 3.05) is 12.4 Å². The molecular formula is C16H22N2. The molecule has 0 radical (unpaired) electrons. The van der Waals surface area contributed by atoms with Gasteiger partial charge in [-0.25, -0.2) is 0 Å². The van der Waals surface area contributed by atoms with Gasteiger partial charge in [-0.1, -0.05) is 26.3 Å². The zero-order valence-electron chi connectivity index (χ0n) is 11.6. The Hall–Kier alpha value is -1.57. The number of pyridine rings is 1. The number of anilines is 1. The number of rotatable bonds is 5. The summed E-state index contributed by atoms with van der Waals surface area (Å²) < 4.78 is 0. The number of hydrogen-bond acceptors (Lipinski definition) is 2. The molecule has 0 atom stereocenters. The molecule has 96 valence electrons. The van der Waals surface area contributed by atoms with Gasteiger partial charge in [0.15, 0.2) is 0 Å². The minimum absolute atomic E-state index is 0.974. The summed E-state index contributed by atoms with van der Waals surface area (Å²) >= 11 is 0. The van der Waals surface area contributed by atoms with E-state index >= 15 is 0 Å². The lowest BCUT2D eigenvalue weighted by Crippen LogP contribution is -1.96. The first-order chi connectivity index (χ1) is 8.78. The molecule has 18 heavy (non-hydrogen) atoms. The SMILES string of the molecule is CCCCc1ccc2nc(CC)cc(NC)c2c1. The summed E-state index contributed by atoms with van der Waals surface area (Å²) in [7, 11) is 1.98. The Balaban J connectivity index is 2.47. The van der Waals surface area contributed by atoms with Gasteiger partial charge in [0.25, 0.3) is 0 Å². The zero-order chi connectivity index (χ0) is 13.0. The van der Waals surface area contributed by atoms with Crippen LogP contribution in [0.4, 0.5) is 5.69 Å². The predicted molar refractivity (Wildman–Crippen MR) is 79.3 cm³/mol. The molecule has 0 saturated carbocycles. The number of aromatic nitrogens is 1. The molecule has 2 heteroatoms. The molecular weight excluding hydrogens is 220 g/mol. The molecule has 2 rings (SSSR count). The van der Waals surface area contributed by atoms with Crippen LogP contribution in [0.2, 0.25) is 0 Å². The molecule has 0 amide bonds. The van der Waals surface area contributed by atoms with Crippen LogP contribution in [0.3, 0.4) is 0 Å². The number of hydrogen-bond donors (Lipinski definition) is 1. The highest BCUT2D eigenvalue weighted by Gasteiger charge is 2.05. The van der Waals surface area contributed by atoms with E-state index in [1.807, 2.05) is 7.05 Å². The summed E-state index contributed by atoms with van der Waals surface area (Å²) in [6, 6.07) is 8.80. The monoisotopic (exact) mass is 242 g/mol. The fourth-order valence-electron chi connectivity index (χ4n) is 2.25. The van der Waals surface area contributed by atoms with Crippen molar-refractivity contribution in [2.45, 2.75) is 39.5 Å². The molecule has 1 aromatic heterocycles. The van der Waals surface area contributed by atoms with Crippen LogP contribution in [0.5, 0.6) is 0 Å². The number of benzene rings is 1. The van der Waals surface area contributed by atoms with Crippen molar-refractivity contribution < 1.29 is 0 Å². The van der Waals surface area contributed by atoms with Crippen molar-refractivity contribution >= 4 is 16.6 Å². The quantitative estimate of drug-likeness (QED) is 0.850. The summed E-state index contributed by atoms with van der Waals surface area (Å²) in [5.74, 6) is 0. The second-order valence-corrected chi connectivity index (χ2v) is 4.72. The van der Waals surface area contributed by atoms with Gasteiger partial charge in [0.2, 0.25) is 0 Å². The summed E-state index contributed by atoms with van der Waals surface area (Å²) in [6.07, 6.45) is 4.62. The van der Waals surface area contributed by atoms with Crippen LogP contribution in [-0.4, -0.2) is 12.0 Å². The highest BCUT2D eigenvalue weighted by molar-refractivity contribution is 5.91. The van der Waals surface area contributed by atoms with Gasteiger partial charge in [-0.2, -0.15) is 0 Å². The van der Waals surface area contributed by atoms with E-state index in [4.69, 9.17) is 0 Å². The topological polar surface area (TPSA) is 24.9 Å². The predicted octanol–water partition coefficient (Wildman–Crippen LogP) is 4.18. The molecule has 2 nitrogen and oxygen atoms in total. The van der Waals surface area contributed by atoms with Crippen molar-refractivity contribution in [3.63, 3.8) is 0 Å². The maximum Gasteiger partial charge on any atom is 0.0726 e. The Labute approximate surface area is 109 Å². The molecule has 1 heterocycles. The molecule has 0 aliphatic carbocycles. The lowest BCUT2D eigenvalue weighted by atomic mass is 10.0. The summed E-state index contributed by atoms with van der Waals surface area (Å²) in [5, 5.41) is 4.53. The molecule has 0 aliphatic rings. The van der Waals surface area contributed by atoms with Gasteiger partial charge in [0, 0.05) is 23.8 Å². The van der Waals surface area contributed by atoms with Gasteiger partial charge in [-0.3, -0.25) is 4.98 Å². The summed E-state index contributed by atoms with van der Waals surface area (Å²) in [4.78, 5) is 4.68. The Morgan fingerprint density at radius 3 is 2.67 bits per heavy atom. The largest absolute Gasteiger partial charge is 0.388 e. The number of nitrogens with one attached hydrogen (secondary N) is 1. The average molecular weight is 242 g/mol. The molecule has 1 aromatic carbocycles. The van der Waals surface area contributed by atoms with Crippen molar-refractivity contribution in [3.8, 4) is 0 Å². The van der Waals surface area contributed by atoms with E-state index in [9.17, 15) is 0 Å². The van der Waals surface area contributed by atoms with Gasteiger partial charge in [0.05, 0.1) is 5.52 Å². The first-order valence-electron chi connectivity index (χ1n) is 6.88. The Morgan fingerprint density at radius 1 is 1.17 bits per heavy atom. The molecule has 0 saturated heterocycles. The highest BCUT2D eigenvalue weighted by Crippen LogP contribution is 2.25. The first-order valence-corrected chi connectivity index (χ1v) is 6.88. The lowest BCUT2D eigenvalue weighted by Gasteiger charge is -2.10. The molecule has 0 fully saturated rings. The zero-order valence-corrected chi connectivity index (χ0v) is 11.6. The van der Waals surface area contributed by atoms with Gasteiger partial charge in [0.1, 0.15) is 0 Å². The normalized spacial score (nSPS) is 10.8. The van der Waals surface area contributed by atoms with Crippen molar-refractivity contribution in [1.29, 1.82) is 0 Å². The van der Waals surface area contributed by atoms with Crippen LogP contribution in [-0.2, 0) is 12.8 Å². The first kappa shape index (κ1) is 12.9. The van der Waals surface area contributed by atoms with Crippen LogP contribution in [0.25, 0.3) is 10.9 Å². The number of aryl methyl sites for hydroxylation is 2. The standard InChI is InChI=1S/C16H22N2/c1-4-6-7-12-8-9-15-14(10-12)16(17-3)11-13(5-2)18-15/h8-11H,4-7H2,1-3H3,(H,17,18). The Bertz CT molecular complexity index is 532. The van der Waals surface area contributed by atoms with E-state index in [1.54, 1.807) is 0 Å². The number of fused-ring (bicyclic) bond motifs is 1. The Kier molecular flexibility index (Phi) is 4.19. The van der Waals surface area contributed by atoms with E-state index in [0.29, 0.717) is 0 Å². The Morgan fingerprint density at radius 2 is 2.00 bits per heavy atom. The molecule has 0 aliphatic heterocycles. The minimum Gasteiger partial charge on any atom is -0.388 e. The molecule has 0 bridgehead atoms. The van der Waals surface area contributed by atoms with Gasteiger partial charge in [-0.05, 0) is 43.0 Å². The lowest BCUT2D eigenvalue weighted by molar-refractivity contribution is 0.796. The summed E-state index contributed by atoms with van der Waals surface area (Å²) in [6.45, 7) is 4.37. The van der Waals surface area contributed by atoms with Crippen molar-refractivity contribution in [1.82, 2.24) is 4.98 Å². The fourth-order valence-corrected chi connectivity index (χ4v) is 2.25. The second-order valence-electron chi connectivity index (χ2n) is 4.72. The van der Waals surface area contributed by atoms with E-state index < -0.39 is 0 Å². The van der Waals surface area contributed by atoms with Gasteiger partial charge < -0.3 is 5.32 Å². The maximum absolute atomic E-state index is 4.68. The fraction of sp³-hybridized carbons (Fsp3) is 0.438. The number of unbranched alkanes of at least 4 members (excludes halogenated alkanes) is 1. The van der Waals surface area contributed by atoms with Crippen LogP contribution in [0.1, 0.15) is 37.9 Å². The van der Waals surface area contributed by atoms with E-state index in [0.717, 1.165) is 24.1 Å². The highest BCUT2D eigenvalue weighted by atomic mass is 14.8. The van der Waals surface area contributed by atoms with E-state index in [2.05, 4.69) is 48.4 Å². The second kappa shape index (κ2) is 5.85. The molecule has 2 aromatic rings. The average Bonchev–Trinajstić information content (AvgIpc) is 2.43. The van der Waals surface area contributed by atoms with Crippen molar-refractivity contribution in [3.05, 3.63) is 35.5 Å². The summed E-state index contributed by atoms with van der Waals surface area (Å²) in [5.41, 5.74) is 4.84. The molecule has 0 spiro atoms. The van der Waals surface area contributed by atoms with Gasteiger partial charge >= 0.3 is 0 Å². The third kappa shape index (κ3) is 2.63. The van der Waals surface area contributed by atoms with Crippen molar-refractivity contribution in [2.24, 2.45) is 0 Å². The maximum atomic E-state index is 4.68. The third-order valence-electron chi connectivity index (χ3n) is 3.38. The number of nitrogens with zero attached hydrogens (tertiary/aromatic N) is 1. The van der Waals surface area contributed by atoms with Gasteiger partial charge in [-0.15, -0.1) is 0 Å². The van der Waals surface area contributed by atoms with E-state index in [-0.39, 0.29) is 0 Å². The van der Waals surface area contributed by atoms with Crippen LogP contribution >= 0.6 is 0 Å². The smallest absolute Gasteiger partial charge is 0.0726 e. The van der Waals surface area contributed by atoms with Crippen LogP contribution in [0.15, 0.2) is 24.3 Å². The molecule has 1 N–H and O–H groups in total. The van der Waals surface area contributed by atoms with Crippen LogP contribution in [0, 0.1) is 0 Å². The molecule has 0 unspecified atom stereocenters. The van der Waals surface area contributed by atoms with E-state index in [1.165, 1.54) is 29.5 Å². The minimum atomic E-state index is 0.974. The third-order valence-corrected chi connectivity index (χ3v) is 3.38. The van der Waals surface area contributed by atoms with Crippen LogP contribution < -0.4 is 5.32 Å².